The molecule has 6 nitrogen and oxygen atoms in total. The predicted octanol–water partition coefficient (Wildman–Crippen LogP) is 2.51. The van der Waals surface area contributed by atoms with Crippen LogP contribution in [0.2, 0.25) is 0 Å². The summed E-state index contributed by atoms with van der Waals surface area (Å²) in [7, 11) is 0. The molecule has 2 rings (SSSR count). The van der Waals surface area contributed by atoms with E-state index in [4.69, 9.17) is 10.6 Å². The maximum Gasteiger partial charge on any atom is 0.0929 e. The molecule has 0 aliphatic carbocycles. The van der Waals surface area contributed by atoms with Gasteiger partial charge in [-0.15, -0.1) is 0 Å². The molecule has 0 saturated heterocycles. The Kier molecular flexibility index (Phi) is 2.86. The van der Waals surface area contributed by atoms with E-state index in [0.717, 1.165) is 5.56 Å². The number of rotatable bonds is 3. The molecule has 80 valence electrons. The van der Waals surface area contributed by atoms with Crippen LogP contribution in [-0.4, -0.2) is 15.3 Å². The Labute approximate surface area is 91.2 Å². The van der Waals surface area contributed by atoms with Gasteiger partial charge in [-0.25, -0.2) is 0 Å². The van der Waals surface area contributed by atoms with Crippen molar-refractivity contribution in [3.05, 3.63) is 46.5 Å². The lowest BCUT2D eigenvalue weighted by Gasteiger charge is -1.99. The van der Waals surface area contributed by atoms with Gasteiger partial charge < -0.3 is 5.11 Å². The summed E-state index contributed by atoms with van der Waals surface area (Å²) >= 11 is 0. The van der Waals surface area contributed by atoms with Crippen molar-refractivity contribution >= 4 is 5.69 Å². The minimum absolute atomic E-state index is 0.101. The molecule has 0 aliphatic heterocycles. The molecule has 0 amide bonds. The number of nitrogens with one attached hydrogen (secondary N) is 1. The average molecular weight is 215 g/mol. The van der Waals surface area contributed by atoms with E-state index in [9.17, 15) is 0 Å². The van der Waals surface area contributed by atoms with Crippen molar-refractivity contribution in [2.45, 2.75) is 6.61 Å². The molecular formula is C10H9N5O. The van der Waals surface area contributed by atoms with Crippen LogP contribution in [0.25, 0.3) is 21.7 Å². The van der Waals surface area contributed by atoms with Crippen LogP contribution in [-0.2, 0) is 6.61 Å². The Bertz CT molecular complexity index is 542. The molecule has 0 aliphatic rings. The van der Waals surface area contributed by atoms with Gasteiger partial charge in [0.2, 0.25) is 0 Å². The molecule has 2 aromatic rings. The lowest BCUT2D eigenvalue weighted by atomic mass is 10.1. The second kappa shape index (κ2) is 4.48. The highest BCUT2D eigenvalue weighted by Gasteiger charge is 2.06. The fourth-order valence-electron chi connectivity index (χ4n) is 1.41. The van der Waals surface area contributed by atoms with E-state index in [1.165, 1.54) is 0 Å². The Morgan fingerprint density at radius 2 is 2.25 bits per heavy atom. The first-order valence-corrected chi connectivity index (χ1v) is 4.65. The Hall–Kier alpha value is -2.30. The van der Waals surface area contributed by atoms with Gasteiger partial charge >= 0.3 is 0 Å². The van der Waals surface area contributed by atoms with Gasteiger partial charge in [0.15, 0.2) is 0 Å². The summed E-state index contributed by atoms with van der Waals surface area (Å²) < 4.78 is 0. The summed E-state index contributed by atoms with van der Waals surface area (Å²) in [6.07, 6.45) is 0. The van der Waals surface area contributed by atoms with Gasteiger partial charge in [-0.1, -0.05) is 29.4 Å². The highest BCUT2D eigenvalue weighted by Crippen LogP contribution is 2.28. The third-order valence-corrected chi connectivity index (χ3v) is 2.13. The number of aromatic amines is 1. The van der Waals surface area contributed by atoms with Gasteiger partial charge in [0.1, 0.15) is 0 Å². The van der Waals surface area contributed by atoms with Crippen molar-refractivity contribution < 1.29 is 5.11 Å². The van der Waals surface area contributed by atoms with Crippen molar-refractivity contribution in [1.29, 1.82) is 0 Å². The van der Waals surface area contributed by atoms with Crippen LogP contribution in [0.1, 0.15) is 5.69 Å². The van der Waals surface area contributed by atoms with Crippen LogP contribution in [0.4, 0.5) is 5.69 Å². The van der Waals surface area contributed by atoms with Crippen molar-refractivity contribution in [3.63, 3.8) is 0 Å². The smallest absolute Gasteiger partial charge is 0.0929 e. The summed E-state index contributed by atoms with van der Waals surface area (Å²) in [5, 5.41) is 19.2. The zero-order valence-electron chi connectivity index (χ0n) is 8.33. The third-order valence-electron chi connectivity index (χ3n) is 2.13. The number of aliphatic hydroxyl groups is 1. The fraction of sp³-hybridized carbons (Fsp3) is 0.100. The van der Waals surface area contributed by atoms with Crippen molar-refractivity contribution in [2.75, 3.05) is 0 Å². The highest BCUT2D eigenvalue weighted by molar-refractivity contribution is 5.73. The summed E-state index contributed by atoms with van der Waals surface area (Å²) in [5.74, 6) is 0. The number of aliphatic hydroxyl groups excluding tert-OH is 1. The van der Waals surface area contributed by atoms with E-state index in [0.29, 0.717) is 17.1 Å². The molecular weight excluding hydrogens is 206 g/mol. The normalized spacial score (nSPS) is 9.81. The molecule has 2 N–H and O–H groups in total. The van der Waals surface area contributed by atoms with Gasteiger partial charge in [-0.05, 0) is 11.6 Å². The van der Waals surface area contributed by atoms with E-state index in [2.05, 4.69) is 20.2 Å². The number of hydrogen-bond acceptors (Lipinski definition) is 3. The molecule has 0 spiro atoms. The number of H-pyrrole nitrogens is 1. The van der Waals surface area contributed by atoms with Gasteiger partial charge in [0.25, 0.3) is 0 Å². The van der Waals surface area contributed by atoms with Crippen LogP contribution in [0.5, 0.6) is 0 Å². The van der Waals surface area contributed by atoms with Crippen LogP contribution in [0.15, 0.2) is 35.4 Å². The fourth-order valence-corrected chi connectivity index (χ4v) is 1.41. The number of aromatic nitrogens is 2. The molecule has 1 heterocycles. The third kappa shape index (κ3) is 1.88. The molecule has 1 aromatic carbocycles. The van der Waals surface area contributed by atoms with Crippen molar-refractivity contribution in [2.24, 2.45) is 5.11 Å². The monoisotopic (exact) mass is 215 g/mol. The lowest BCUT2D eigenvalue weighted by Crippen LogP contribution is -1.79. The average Bonchev–Trinajstić information content (AvgIpc) is 2.79. The molecule has 0 fully saturated rings. The number of hydrogen-bond donors (Lipinski definition) is 2. The topological polar surface area (TPSA) is 97.7 Å². The first kappa shape index (κ1) is 10.2. The molecule has 0 radical (unpaired) electrons. The lowest BCUT2D eigenvalue weighted by molar-refractivity contribution is 0.276. The molecule has 0 unspecified atom stereocenters. The van der Waals surface area contributed by atoms with Gasteiger partial charge in [0, 0.05) is 16.2 Å². The standard InChI is InChI=1S/C10H9N5O/c11-15-14-9-4-2-1-3-8(9)10-5-7(6-16)12-13-10/h1-5,16H,6H2,(H,12,13). The zero-order valence-corrected chi connectivity index (χ0v) is 8.33. The predicted molar refractivity (Wildman–Crippen MR) is 58.8 cm³/mol. The first-order chi connectivity index (χ1) is 7.85. The highest BCUT2D eigenvalue weighted by atomic mass is 16.3. The van der Waals surface area contributed by atoms with Crippen molar-refractivity contribution in [3.8, 4) is 11.3 Å². The zero-order chi connectivity index (χ0) is 11.4. The second-order valence-corrected chi connectivity index (χ2v) is 3.14. The molecule has 0 atom stereocenters. The van der Waals surface area contributed by atoms with Gasteiger partial charge in [0.05, 0.1) is 18.0 Å². The van der Waals surface area contributed by atoms with Crippen molar-refractivity contribution in [1.82, 2.24) is 10.2 Å². The molecule has 16 heavy (non-hydrogen) atoms. The van der Waals surface area contributed by atoms with Gasteiger partial charge in [-0.3, -0.25) is 5.10 Å². The van der Waals surface area contributed by atoms with Crippen LogP contribution < -0.4 is 0 Å². The number of azide groups is 1. The molecule has 0 saturated carbocycles. The van der Waals surface area contributed by atoms with Crippen LogP contribution in [0, 0.1) is 0 Å². The molecule has 1 aromatic heterocycles. The quantitative estimate of drug-likeness (QED) is 0.467. The maximum atomic E-state index is 8.92. The van der Waals surface area contributed by atoms with E-state index < -0.39 is 0 Å². The minimum Gasteiger partial charge on any atom is -0.390 e. The maximum absolute atomic E-state index is 8.92. The van der Waals surface area contributed by atoms with Crippen LogP contribution >= 0.6 is 0 Å². The summed E-state index contributed by atoms with van der Waals surface area (Å²) in [6.45, 7) is -0.101. The van der Waals surface area contributed by atoms with E-state index in [1.54, 1.807) is 24.3 Å². The SMILES string of the molecule is [N-]=[N+]=Nc1ccccc1-c1cc(CO)[nH]n1. The Morgan fingerprint density at radius 3 is 2.94 bits per heavy atom. The second-order valence-electron chi connectivity index (χ2n) is 3.14. The summed E-state index contributed by atoms with van der Waals surface area (Å²) in [5.41, 5.74) is 10.9. The van der Waals surface area contributed by atoms with E-state index in [1.807, 2.05) is 6.07 Å². The van der Waals surface area contributed by atoms with Gasteiger partial charge in [-0.2, -0.15) is 5.10 Å². The summed E-state index contributed by atoms with van der Waals surface area (Å²) in [4.78, 5) is 2.76. The molecule has 6 heteroatoms. The van der Waals surface area contributed by atoms with Crippen LogP contribution in [0.3, 0.4) is 0 Å². The molecule has 0 bridgehead atoms. The first-order valence-electron chi connectivity index (χ1n) is 4.65. The largest absolute Gasteiger partial charge is 0.390 e. The van der Waals surface area contributed by atoms with E-state index >= 15 is 0 Å². The Balaban J connectivity index is 2.50. The number of benzene rings is 1. The minimum atomic E-state index is -0.101. The summed E-state index contributed by atoms with van der Waals surface area (Å²) in [6, 6.07) is 8.85. The Morgan fingerprint density at radius 1 is 1.44 bits per heavy atom. The number of nitrogens with zero attached hydrogens (tertiary/aromatic N) is 4. The van der Waals surface area contributed by atoms with E-state index in [-0.39, 0.29) is 6.61 Å².